The predicted molar refractivity (Wildman–Crippen MR) is 119 cm³/mol. The number of hydrogen-bond donors (Lipinski definition) is 2. The molecule has 0 atom stereocenters. The summed E-state index contributed by atoms with van der Waals surface area (Å²) in [5, 5.41) is 13.8. The van der Waals surface area contributed by atoms with Crippen LogP contribution >= 0.6 is 35.4 Å². The molecule has 0 unspecified atom stereocenters. The Kier molecular flexibility index (Phi) is 7.63. The fraction of sp³-hybridized carbons (Fsp3) is 0.316. The minimum Gasteiger partial charge on any atom is -0.362 e. The van der Waals surface area contributed by atoms with Crippen LogP contribution in [0.5, 0.6) is 0 Å². The number of rotatable bonds is 7. The Bertz CT molecular complexity index is 1090. The Hall–Kier alpha value is -2.37. The van der Waals surface area contributed by atoms with Crippen LogP contribution in [0.4, 0.5) is 23.4 Å². The van der Waals surface area contributed by atoms with Gasteiger partial charge in [-0.25, -0.2) is 4.39 Å². The number of benzene rings is 1. The molecular weight excluding hydrogens is 491 g/mol. The zero-order chi connectivity index (χ0) is 23.5. The summed E-state index contributed by atoms with van der Waals surface area (Å²) in [4.78, 5) is 0. The van der Waals surface area contributed by atoms with Gasteiger partial charge >= 0.3 is 6.18 Å². The molecule has 0 bridgehead atoms. The Balaban J connectivity index is 1.47. The highest BCUT2D eigenvalue weighted by molar-refractivity contribution is 7.80. The summed E-state index contributed by atoms with van der Waals surface area (Å²) in [6.07, 6.45) is -2.49. The minimum atomic E-state index is -4.60. The SMILES string of the molecule is Cc1c(Cl)c(C(F)(F)F)nn1CCCNC(=S)Nc1ccn(Cc2c(F)cccc2Cl)n1. The normalized spacial score (nSPS) is 11.6. The van der Waals surface area contributed by atoms with Crippen molar-refractivity contribution >= 4 is 46.4 Å². The molecular formula is C19H18Cl2F4N6S. The molecule has 0 fully saturated rings. The summed E-state index contributed by atoms with van der Waals surface area (Å²) in [6, 6.07) is 6.12. The second-order valence-corrected chi connectivity index (χ2v) is 8.00. The molecule has 0 saturated carbocycles. The molecule has 32 heavy (non-hydrogen) atoms. The van der Waals surface area contributed by atoms with Crippen LogP contribution in [-0.2, 0) is 19.3 Å². The van der Waals surface area contributed by atoms with Crippen molar-refractivity contribution in [1.29, 1.82) is 0 Å². The summed E-state index contributed by atoms with van der Waals surface area (Å²) < 4.78 is 55.3. The molecule has 2 N–H and O–H groups in total. The molecule has 2 aromatic heterocycles. The monoisotopic (exact) mass is 508 g/mol. The van der Waals surface area contributed by atoms with E-state index in [0.29, 0.717) is 29.4 Å². The number of aryl methyl sites for hydroxylation is 1. The fourth-order valence-electron chi connectivity index (χ4n) is 2.88. The van der Waals surface area contributed by atoms with Crippen molar-refractivity contribution in [1.82, 2.24) is 24.9 Å². The van der Waals surface area contributed by atoms with Crippen LogP contribution in [0.2, 0.25) is 10.0 Å². The van der Waals surface area contributed by atoms with Gasteiger partial charge in [-0.3, -0.25) is 9.36 Å². The third kappa shape index (κ3) is 5.90. The van der Waals surface area contributed by atoms with Crippen molar-refractivity contribution in [3.63, 3.8) is 0 Å². The van der Waals surface area contributed by atoms with Gasteiger partial charge in [0.1, 0.15) is 5.82 Å². The molecule has 3 aromatic rings. The lowest BCUT2D eigenvalue weighted by Crippen LogP contribution is -2.30. The van der Waals surface area contributed by atoms with E-state index in [-0.39, 0.29) is 23.9 Å². The standard InChI is InChI=1S/C19H18Cl2F4N6S/c1-11-16(21)17(19(23,24)25)29-31(11)8-3-7-26-18(32)27-15-6-9-30(28-15)10-12-13(20)4-2-5-14(12)22/h2,4-6,9H,3,7-8,10H2,1H3,(H2,26,27,28,32). The summed E-state index contributed by atoms with van der Waals surface area (Å²) in [6.45, 7) is 2.25. The number of aromatic nitrogens is 4. The van der Waals surface area contributed by atoms with Crippen molar-refractivity contribution in [2.24, 2.45) is 0 Å². The van der Waals surface area contributed by atoms with Gasteiger partial charge in [-0.2, -0.15) is 23.4 Å². The van der Waals surface area contributed by atoms with Crippen LogP contribution < -0.4 is 10.6 Å². The van der Waals surface area contributed by atoms with Crippen molar-refractivity contribution in [2.45, 2.75) is 32.6 Å². The van der Waals surface area contributed by atoms with Crippen LogP contribution in [-0.4, -0.2) is 31.2 Å². The van der Waals surface area contributed by atoms with E-state index in [1.807, 2.05) is 0 Å². The number of alkyl halides is 3. The maximum atomic E-state index is 13.9. The average Bonchev–Trinajstić information content (AvgIpc) is 3.26. The number of hydrogen-bond acceptors (Lipinski definition) is 3. The molecule has 0 aliphatic rings. The maximum absolute atomic E-state index is 13.9. The first-order chi connectivity index (χ1) is 15.1. The van der Waals surface area contributed by atoms with E-state index in [2.05, 4.69) is 20.8 Å². The van der Waals surface area contributed by atoms with E-state index in [1.165, 1.54) is 28.4 Å². The zero-order valence-electron chi connectivity index (χ0n) is 16.7. The summed E-state index contributed by atoms with van der Waals surface area (Å²) in [5.74, 6) is 0.0234. The smallest absolute Gasteiger partial charge is 0.362 e. The topological polar surface area (TPSA) is 59.7 Å². The quantitative estimate of drug-likeness (QED) is 0.258. The van der Waals surface area contributed by atoms with Gasteiger partial charge in [0.05, 0.1) is 17.3 Å². The van der Waals surface area contributed by atoms with Gasteiger partial charge in [0.15, 0.2) is 16.6 Å². The molecule has 6 nitrogen and oxygen atoms in total. The molecule has 1 aromatic carbocycles. The van der Waals surface area contributed by atoms with Gasteiger partial charge in [0.2, 0.25) is 0 Å². The number of nitrogens with zero attached hydrogens (tertiary/aromatic N) is 4. The van der Waals surface area contributed by atoms with Gasteiger partial charge in [-0.1, -0.05) is 29.3 Å². The Morgan fingerprint density at radius 2 is 1.94 bits per heavy atom. The number of anilines is 1. The highest BCUT2D eigenvalue weighted by atomic mass is 35.5. The third-order valence-electron chi connectivity index (χ3n) is 4.50. The second-order valence-electron chi connectivity index (χ2n) is 6.80. The first-order valence-electron chi connectivity index (χ1n) is 9.37. The van der Waals surface area contributed by atoms with E-state index in [0.717, 1.165) is 0 Å². The lowest BCUT2D eigenvalue weighted by molar-refractivity contribution is -0.141. The van der Waals surface area contributed by atoms with Gasteiger partial charge in [-0.05, 0) is 37.7 Å². The van der Waals surface area contributed by atoms with E-state index in [1.54, 1.807) is 18.3 Å². The molecule has 3 rings (SSSR count). The minimum absolute atomic E-state index is 0.152. The largest absolute Gasteiger partial charge is 0.436 e. The first-order valence-corrected chi connectivity index (χ1v) is 10.5. The number of halogens is 6. The second kappa shape index (κ2) is 10.1. The van der Waals surface area contributed by atoms with Gasteiger partial charge in [0.25, 0.3) is 0 Å². The first kappa shape index (κ1) is 24.3. The molecule has 0 aliphatic carbocycles. The summed E-state index contributed by atoms with van der Waals surface area (Å²) in [7, 11) is 0. The van der Waals surface area contributed by atoms with Gasteiger partial charge in [-0.15, -0.1) is 0 Å². The number of nitrogens with one attached hydrogen (secondary N) is 2. The van der Waals surface area contributed by atoms with E-state index < -0.39 is 22.7 Å². The zero-order valence-corrected chi connectivity index (χ0v) is 19.0. The van der Waals surface area contributed by atoms with Crippen LogP contribution in [0.15, 0.2) is 30.5 Å². The van der Waals surface area contributed by atoms with Crippen LogP contribution in [0.1, 0.15) is 23.4 Å². The lowest BCUT2D eigenvalue weighted by atomic mass is 10.2. The van der Waals surface area contributed by atoms with E-state index >= 15 is 0 Å². The lowest BCUT2D eigenvalue weighted by Gasteiger charge is -2.09. The molecule has 0 radical (unpaired) electrons. The van der Waals surface area contributed by atoms with Crippen molar-refractivity contribution < 1.29 is 17.6 Å². The van der Waals surface area contributed by atoms with Crippen molar-refractivity contribution in [3.8, 4) is 0 Å². The number of thiocarbonyl (C=S) groups is 1. The predicted octanol–water partition coefficient (Wildman–Crippen LogP) is 5.28. The van der Waals surface area contributed by atoms with Gasteiger partial charge in [0, 0.05) is 35.9 Å². The maximum Gasteiger partial charge on any atom is 0.436 e. The average molecular weight is 509 g/mol. The van der Waals surface area contributed by atoms with Gasteiger partial charge < -0.3 is 10.6 Å². The highest BCUT2D eigenvalue weighted by Gasteiger charge is 2.38. The van der Waals surface area contributed by atoms with Crippen molar-refractivity contribution in [2.75, 3.05) is 11.9 Å². The molecule has 0 aliphatic heterocycles. The molecule has 0 amide bonds. The van der Waals surface area contributed by atoms with Crippen LogP contribution in [0.25, 0.3) is 0 Å². The summed E-state index contributed by atoms with van der Waals surface area (Å²) in [5.41, 5.74) is -0.513. The molecule has 0 spiro atoms. The van der Waals surface area contributed by atoms with E-state index in [4.69, 9.17) is 35.4 Å². The van der Waals surface area contributed by atoms with Crippen LogP contribution in [0, 0.1) is 12.7 Å². The fourth-order valence-corrected chi connectivity index (χ4v) is 3.55. The Labute approximate surface area is 196 Å². The molecule has 13 heteroatoms. The molecule has 0 saturated heterocycles. The Morgan fingerprint density at radius 1 is 1.19 bits per heavy atom. The summed E-state index contributed by atoms with van der Waals surface area (Å²) >= 11 is 17.0. The highest BCUT2D eigenvalue weighted by Crippen LogP contribution is 2.35. The Morgan fingerprint density at radius 3 is 2.59 bits per heavy atom. The van der Waals surface area contributed by atoms with Crippen molar-refractivity contribution in [3.05, 3.63) is 63.3 Å². The molecule has 172 valence electrons. The van der Waals surface area contributed by atoms with E-state index in [9.17, 15) is 17.6 Å². The van der Waals surface area contributed by atoms with Crippen LogP contribution in [0.3, 0.4) is 0 Å². The third-order valence-corrected chi connectivity index (χ3v) is 5.55. The molecule has 2 heterocycles.